The third kappa shape index (κ3) is 5.52. The van der Waals surface area contributed by atoms with Crippen molar-refractivity contribution in [1.29, 1.82) is 0 Å². The second kappa shape index (κ2) is 10.7. The fourth-order valence-electron chi connectivity index (χ4n) is 5.19. The molecular formula is C26H31N5O6. The third-order valence-electron chi connectivity index (χ3n) is 6.99. The zero-order valence-corrected chi connectivity index (χ0v) is 20.7. The highest BCUT2D eigenvalue weighted by molar-refractivity contribution is 6.00. The number of ether oxygens (including phenoxy) is 4. The number of carbonyl (C=O) groups is 2. The number of nitrogens with two attached hydrogens (primary N) is 1. The van der Waals surface area contributed by atoms with Crippen LogP contribution in [0.25, 0.3) is 5.52 Å². The van der Waals surface area contributed by atoms with Crippen LogP contribution in [-0.2, 0) is 9.47 Å². The van der Waals surface area contributed by atoms with Gasteiger partial charge in [-0.3, -0.25) is 9.59 Å². The Morgan fingerprint density at radius 3 is 2.70 bits per heavy atom. The first kappa shape index (κ1) is 25.0. The first-order chi connectivity index (χ1) is 18.0. The number of methoxy groups -OCH3 is 1. The molecule has 2 saturated carbocycles. The summed E-state index contributed by atoms with van der Waals surface area (Å²) >= 11 is 0. The first-order valence-corrected chi connectivity index (χ1v) is 12.4. The number of hydrogen-bond donors (Lipinski definition) is 2. The van der Waals surface area contributed by atoms with Crippen LogP contribution in [0.1, 0.15) is 46.4 Å². The molecule has 0 atom stereocenters. The van der Waals surface area contributed by atoms with Crippen molar-refractivity contribution in [2.24, 2.45) is 11.1 Å². The van der Waals surface area contributed by atoms with Crippen LogP contribution in [0, 0.1) is 5.41 Å². The zero-order valence-electron chi connectivity index (χ0n) is 20.7. The molecule has 2 amide bonds. The first-order valence-electron chi connectivity index (χ1n) is 12.4. The van der Waals surface area contributed by atoms with E-state index in [2.05, 4.69) is 15.4 Å². The van der Waals surface area contributed by atoms with Crippen LogP contribution in [0.3, 0.4) is 0 Å². The summed E-state index contributed by atoms with van der Waals surface area (Å²) in [5.74, 6) is 0.246. The Hall–Kier alpha value is -3.70. The lowest BCUT2D eigenvalue weighted by Crippen LogP contribution is -2.58. The largest absolute Gasteiger partial charge is 0.490 e. The lowest BCUT2D eigenvalue weighted by atomic mass is 9.53. The molecule has 2 fully saturated rings. The van der Waals surface area contributed by atoms with Crippen molar-refractivity contribution in [3.8, 4) is 11.6 Å². The maximum absolute atomic E-state index is 12.9. The van der Waals surface area contributed by atoms with E-state index in [0.29, 0.717) is 48.8 Å². The smallest absolute Gasteiger partial charge is 0.255 e. The Morgan fingerprint density at radius 1 is 1.11 bits per heavy atom. The van der Waals surface area contributed by atoms with Crippen molar-refractivity contribution in [2.45, 2.75) is 37.8 Å². The normalized spacial score (nSPS) is 22.3. The van der Waals surface area contributed by atoms with Crippen molar-refractivity contribution in [3.05, 3.63) is 54.0 Å². The number of hydrogen-bond acceptors (Lipinski definition) is 8. The molecule has 196 valence electrons. The number of nitrogens with one attached hydrogen (secondary N) is 1. The molecule has 0 aliphatic heterocycles. The molecule has 2 aliphatic carbocycles. The van der Waals surface area contributed by atoms with Gasteiger partial charge in [0.1, 0.15) is 24.0 Å². The summed E-state index contributed by atoms with van der Waals surface area (Å²) in [6.45, 7) is 1.94. The van der Waals surface area contributed by atoms with Gasteiger partial charge >= 0.3 is 0 Å². The van der Waals surface area contributed by atoms with Gasteiger partial charge in [-0.1, -0.05) is 0 Å². The summed E-state index contributed by atoms with van der Waals surface area (Å²) in [5, 5.41) is 7.45. The molecule has 2 aliphatic rings. The molecule has 3 heterocycles. The standard InChI is InChI=1S/C26H31N5O6/c1-34-7-8-35-9-10-36-18-4-5-22-21(15-29-31(22)16-18)24(33)30-17-11-26(12-17)13-19(14-26)37-25-20(23(27)32)3-2-6-28-25/h2-6,15-17,19H,7-14H2,1H3,(H2,27,32)(H,30,33). The number of amides is 2. The monoisotopic (exact) mass is 509 g/mol. The highest BCUT2D eigenvalue weighted by Gasteiger charge is 2.54. The molecule has 0 bridgehead atoms. The van der Waals surface area contributed by atoms with Crippen LogP contribution in [0.15, 0.2) is 42.9 Å². The summed E-state index contributed by atoms with van der Waals surface area (Å²) in [7, 11) is 1.63. The molecule has 3 aromatic rings. The minimum absolute atomic E-state index is 0.00222. The second-order valence-electron chi connectivity index (χ2n) is 9.65. The Labute approximate surface area is 214 Å². The van der Waals surface area contributed by atoms with Gasteiger partial charge in [0.2, 0.25) is 5.88 Å². The van der Waals surface area contributed by atoms with E-state index in [9.17, 15) is 9.59 Å². The van der Waals surface area contributed by atoms with Crippen LogP contribution in [0.5, 0.6) is 11.6 Å². The van der Waals surface area contributed by atoms with Gasteiger partial charge < -0.3 is 30.0 Å². The highest BCUT2D eigenvalue weighted by atomic mass is 16.5. The van der Waals surface area contributed by atoms with Crippen molar-refractivity contribution in [2.75, 3.05) is 33.5 Å². The van der Waals surface area contributed by atoms with E-state index in [4.69, 9.17) is 24.7 Å². The van der Waals surface area contributed by atoms with Crippen molar-refractivity contribution >= 4 is 17.3 Å². The van der Waals surface area contributed by atoms with E-state index >= 15 is 0 Å². The van der Waals surface area contributed by atoms with Gasteiger partial charge in [0.25, 0.3) is 11.8 Å². The summed E-state index contributed by atoms with van der Waals surface area (Å²) in [6.07, 6.45) is 8.43. The maximum Gasteiger partial charge on any atom is 0.255 e. The molecule has 3 N–H and O–H groups in total. The highest BCUT2D eigenvalue weighted by Crippen LogP contribution is 2.56. The topological polar surface area (TPSA) is 139 Å². The molecule has 11 nitrogen and oxygen atoms in total. The molecule has 37 heavy (non-hydrogen) atoms. The third-order valence-corrected chi connectivity index (χ3v) is 6.99. The number of aromatic nitrogens is 3. The van der Waals surface area contributed by atoms with E-state index in [0.717, 1.165) is 25.7 Å². The fraction of sp³-hybridized carbons (Fsp3) is 0.462. The minimum atomic E-state index is -0.552. The van der Waals surface area contributed by atoms with Gasteiger partial charge in [0, 0.05) is 19.3 Å². The van der Waals surface area contributed by atoms with Gasteiger partial charge in [0.15, 0.2) is 0 Å². The molecule has 3 aromatic heterocycles. The van der Waals surface area contributed by atoms with Crippen molar-refractivity contribution in [3.63, 3.8) is 0 Å². The summed E-state index contributed by atoms with van der Waals surface area (Å²) in [5.41, 5.74) is 7.11. The number of carbonyl (C=O) groups excluding carboxylic acids is 2. The van der Waals surface area contributed by atoms with E-state index < -0.39 is 5.91 Å². The predicted molar refractivity (Wildman–Crippen MR) is 133 cm³/mol. The second-order valence-corrected chi connectivity index (χ2v) is 9.65. The van der Waals surface area contributed by atoms with Crippen LogP contribution < -0.4 is 20.5 Å². The quantitative estimate of drug-likeness (QED) is 0.354. The molecule has 0 radical (unpaired) electrons. The average Bonchev–Trinajstić information content (AvgIpc) is 3.27. The van der Waals surface area contributed by atoms with E-state index in [1.165, 1.54) is 0 Å². The molecule has 0 saturated heterocycles. The summed E-state index contributed by atoms with van der Waals surface area (Å²) < 4.78 is 23.6. The molecule has 11 heteroatoms. The SMILES string of the molecule is COCCOCCOc1ccc2c(C(=O)NC3CC4(C3)CC(Oc3ncccc3C(N)=O)C4)cnn2c1. The minimum Gasteiger partial charge on any atom is -0.490 e. The van der Waals surface area contributed by atoms with E-state index in [1.807, 2.05) is 12.1 Å². The number of primary amides is 1. The molecule has 1 spiro atoms. The Balaban J connectivity index is 1.08. The maximum atomic E-state index is 12.9. The van der Waals surface area contributed by atoms with Crippen molar-refractivity contribution < 1.29 is 28.5 Å². The lowest BCUT2D eigenvalue weighted by Gasteiger charge is -2.57. The summed E-state index contributed by atoms with van der Waals surface area (Å²) in [4.78, 5) is 28.6. The molecular weight excluding hydrogens is 478 g/mol. The summed E-state index contributed by atoms with van der Waals surface area (Å²) in [6, 6.07) is 7.04. The van der Waals surface area contributed by atoms with Gasteiger partial charge in [-0.2, -0.15) is 5.10 Å². The van der Waals surface area contributed by atoms with Gasteiger partial charge in [-0.05, 0) is 55.4 Å². The van der Waals surface area contributed by atoms with Crippen molar-refractivity contribution in [1.82, 2.24) is 19.9 Å². The van der Waals surface area contributed by atoms with Crippen LogP contribution in [0.2, 0.25) is 0 Å². The van der Waals surface area contributed by atoms with Gasteiger partial charge in [0.05, 0.1) is 43.3 Å². The number of rotatable bonds is 12. The fourth-order valence-corrected chi connectivity index (χ4v) is 5.19. The predicted octanol–water partition coefficient (Wildman–Crippen LogP) is 1.99. The zero-order chi connectivity index (χ0) is 25.8. The van der Waals surface area contributed by atoms with Crippen LogP contribution in [0.4, 0.5) is 0 Å². The van der Waals surface area contributed by atoms with E-state index in [-0.39, 0.29) is 29.3 Å². The molecule has 5 rings (SSSR count). The number of fused-ring (bicyclic) bond motifs is 1. The Morgan fingerprint density at radius 2 is 1.92 bits per heavy atom. The number of pyridine rings is 2. The van der Waals surface area contributed by atoms with Gasteiger partial charge in [-0.25, -0.2) is 9.50 Å². The van der Waals surface area contributed by atoms with Crippen LogP contribution >= 0.6 is 0 Å². The van der Waals surface area contributed by atoms with Crippen LogP contribution in [-0.4, -0.2) is 72.1 Å². The molecule has 0 aromatic carbocycles. The Kier molecular flexibility index (Phi) is 7.24. The number of nitrogens with zero attached hydrogens (tertiary/aromatic N) is 3. The molecule has 0 unspecified atom stereocenters. The average molecular weight is 510 g/mol. The lowest BCUT2D eigenvalue weighted by molar-refractivity contribution is -0.0848. The van der Waals surface area contributed by atoms with E-state index in [1.54, 1.807) is 42.3 Å². The Bertz CT molecular complexity index is 1260. The van der Waals surface area contributed by atoms with Gasteiger partial charge in [-0.15, -0.1) is 0 Å².